The molecular weight excluding hydrogens is 348 g/mol. The van der Waals surface area contributed by atoms with Crippen LogP contribution in [0.3, 0.4) is 0 Å². The number of hydrogen-bond donors (Lipinski definition) is 0. The van der Waals surface area contributed by atoms with Crippen molar-refractivity contribution in [2.45, 2.75) is 136 Å². The molecule has 168 valence electrons. The molecule has 0 spiro atoms. The molecule has 0 fully saturated rings. The molecule has 0 bridgehead atoms. The maximum atomic E-state index is 11.5. The van der Waals surface area contributed by atoms with Gasteiger partial charge in [0.1, 0.15) is 6.61 Å². The zero-order chi connectivity index (χ0) is 20.5. The minimum Gasteiger partial charge on any atom is -0.463 e. The summed E-state index contributed by atoms with van der Waals surface area (Å²) in [7, 11) is 0. The normalized spacial score (nSPS) is 11.1. The summed E-state index contributed by atoms with van der Waals surface area (Å²) in [4.78, 5) is 11.5. The summed E-state index contributed by atoms with van der Waals surface area (Å²) in [6.07, 6.45) is 24.3. The Hall–Kier alpha value is -0.570. The van der Waals surface area contributed by atoms with Crippen molar-refractivity contribution in [3.8, 4) is 0 Å². The molecule has 0 heterocycles. The number of hydrogen-bond acceptors (Lipinski definition) is 3. The summed E-state index contributed by atoms with van der Waals surface area (Å²) >= 11 is 0. The van der Waals surface area contributed by atoms with Gasteiger partial charge in [-0.1, -0.05) is 117 Å². The highest BCUT2D eigenvalue weighted by molar-refractivity contribution is 5.69. The van der Waals surface area contributed by atoms with E-state index < -0.39 is 0 Å². The van der Waals surface area contributed by atoms with Crippen LogP contribution in [-0.4, -0.2) is 25.8 Å². The number of carbonyl (C=O) groups is 1. The van der Waals surface area contributed by atoms with E-state index in [9.17, 15) is 4.79 Å². The first-order valence-electron chi connectivity index (χ1n) is 12.5. The Morgan fingerprint density at radius 1 is 0.500 bits per heavy atom. The lowest BCUT2D eigenvalue weighted by molar-refractivity contribution is -0.145. The maximum absolute atomic E-state index is 11.5. The van der Waals surface area contributed by atoms with Crippen molar-refractivity contribution in [1.82, 2.24) is 0 Å². The molecule has 28 heavy (non-hydrogen) atoms. The third kappa shape index (κ3) is 23.5. The SMILES string of the molecule is CCCCCCCCCCCCCCCCOCCOC(=O)CCCCCC. The molecule has 0 radical (unpaired) electrons. The molecule has 0 saturated carbocycles. The van der Waals surface area contributed by atoms with Crippen LogP contribution in [-0.2, 0) is 14.3 Å². The van der Waals surface area contributed by atoms with E-state index in [1.54, 1.807) is 0 Å². The first kappa shape index (κ1) is 27.4. The maximum Gasteiger partial charge on any atom is 0.305 e. The van der Waals surface area contributed by atoms with E-state index >= 15 is 0 Å². The molecule has 0 aliphatic carbocycles. The lowest BCUT2D eigenvalue weighted by Crippen LogP contribution is -2.10. The van der Waals surface area contributed by atoms with E-state index in [1.165, 1.54) is 96.3 Å². The number of carbonyl (C=O) groups excluding carboxylic acids is 1. The van der Waals surface area contributed by atoms with Crippen molar-refractivity contribution in [1.29, 1.82) is 0 Å². The quantitative estimate of drug-likeness (QED) is 0.129. The van der Waals surface area contributed by atoms with Crippen LogP contribution in [0.1, 0.15) is 136 Å². The van der Waals surface area contributed by atoms with Crippen molar-refractivity contribution >= 4 is 5.97 Å². The minimum absolute atomic E-state index is 0.0730. The molecule has 0 aromatic carbocycles. The van der Waals surface area contributed by atoms with E-state index in [1.807, 2.05) is 0 Å². The molecular formula is C25H50O3. The number of rotatable bonds is 23. The van der Waals surface area contributed by atoms with Gasteiger partial charge in [-0.25, -0.2) is 0 Å². The first-order valence-corrected chi connectivity index (χ1v) is 12.5. The largest absolute Gasteiger partial charge is 0.463 e. The molecule has 0 N–H and O–H groups in total. The van der Waals surface area contributed by atoms with Gasteiger partial charge in [0.2, 0.25) is 0 Å². The standard InChI is InChI=1S/C25H50O3/c1-3-5-7-9-10-11-12-13-14-15-16-17-18-20-22-27-23-24-28-25(26)21-19-8-6-4-2/h3-24H2,1-2H3. The van der Waals surface area contributed by atoms with Gasteiger partial charge < -0.3 is 9.47 Å². The van der Waals surface area contributed by atoms with Gasteiger partial charge in [-0.15, -0.1) is 0 Å². The second-order valence-electron chi connectivity index (χ2n) is 8.24. The highest BCUT2D eigenvalue weighted by Gasteiger charge is 2.02. The summed E-state index contributed by atoms with van der Waals surface area (Å²) in [6.45, 7) is 6.20. The zero-order valence-corrected chi connectivity index (χ0v) is 19.3. The molecule has 3 nitrogen and oxygen atoms in total. The first-order chi connectivity index (χ1) is 13.8. The molecule has 0 aliphatic heterocycles. The fourth-order valence-corrected chi connectivity index (χ4v) is 3.48. The number of unbranched alkanes of at least 4 members (excludes halogenated alkanes) is 16. The Morgan fingerprint density at radius 2 is 0.929 bits per heavy atom. The Balaban J connectivity index is 3.07. The predicted molar refractivity (Wildman–Crippen MR) is 121 cm³/mol. The van der Waals surface area contributed by atoms with E-state index in [0.717, 1.165) is 25.9 Å². The van der Waals surface area contributed by atoms with Crippen LogP contribution in [0.2, 0.25) is 0 Å². The monoisotopic (exact) mass is 398 g/mol. The topological polar surface area (TPSA) is 35.5 Å². The molecule has 0 rings (SSSR count). The molecule has 3 heteroatoms. The van der Waals surface area contributed by atoms with Crippen molar-refractivity contribution < 1.29 is 14.3 Å². The second-order valence-corrected chi connectivity index (χ2v) is 8.24. The van der Waals surface area contributed by atoms with Crippen LogP contribution in [0.15, 0.2) is 0 Å². The predicted octanol–water partition coefficient (Wildman–Crippen LogP) is 8.00. The summed E-state index contributed by atoms with van der Waals surface area (Å²) < 4.78 is 10.7. The fraction of sp³-hybridized carbons (Fsp3) is 0.960. The van der Waals surface area contributed by atoms with Crippen molar-refractivity contribution in [2.24, 2.45) is 0 Å². The Labute approximate surface area is 176 Å². The van der Waals surface area contributed by atoms with Crippen LogP contribution >= 0.6 is 0 Å². The molecule has 0 saturated heterocycles. The van der Waals surface area contributed by atoms with Gasteiger partial charge in [0.15, 0.2) is 0 Å². The lowest BCUT2D eigenvalue weighted by Gasteiger charge is -2.06. The van der Waals surface area contributed by atoms with E-state index in [4.69, 9.17) is 9.47 Å². The summed E-state index contributed by atoms with van der Waals surface area (Å²) in [5.41, 5.74) is 0. The highest BCUT2D eigenvalue weighted by atomic mass is 16.6. The Bertz CT molecular complexity index is 304. The Morgan fingerprint density at radius 3 is 1.43 bits per heavy atom. The van der Waals surface area contributed by atoms with E-state index in [0.29, 0.717) is 19.6 Å². The van der Waals surface area contributed by atoms with Gasteiger partial charge in [0.05, 0.1) is 6.61 Å². The van der Waals surface area contributed by atoms with Crippen molar-refractivity contribution in [3.63, 3.8) is 0 Å². The van der Waals surface area contributed by atoms with Gasteiger partial charge in [-0.05, 0) is 12.8 Å². The van der Waals surface area contributed by atoms with Gasteiger partial charge >= 0.3 is 5.97 Å². The van der Waals surface area contributed by atoms with Gasteiger partial charge in [0.25, 0.3) is 0 Å². The van der Waals surface area contributed by atoms with Gasteiger partial charge in [-0.3, -0.25) is 4.79 Å². The molecule has 0 aromatic rings. The number of ether oxygens (including phenoxy) is 2. The van der Waals surface area contributed by atoms with E-state index in [-0.39, 0.29) is 5.97 Å². The average molecular weight is 399 g/mol. The van der Waals surface area contributed by atoms with Crippen molar-refractivity contribution in [3.05, 3.63) is 0 Å². The van der Waals surface area contributed by atoms with Crippen molar-refractivity contribution in [2.75, 3.05) is 19.8 Å². The van der Waals surface area contributed by atoms with Gasteiger partial charge in [-0.2, -0.15) is 0 Å². The van der Waals surface area contributed by atoms with Crippen LogP contribution in [0.25, 0.3) is 0 Å². The Kier molecular flexibility index (Phi) is 24.0. The molecule has 0 amide bonds. The minimum atomic E-state index is -0.0730. The third-order valence-corrected chi connectivity index (χ3v) is 5.37. The molecule has 0 aromatic heterocycles. The molecule has 0 aliphatic rings. The highest BCUT2D eigenvalue weighted by Crippen LogP contribution is 2.13. The number of esters is 1. The average Bonchev–Trinajstić information content (AvgIpc) is 2.70. The van der Waals surface area contributed by atoms with Crippen LogP contribution < -0.4 is 0 Å². The molecule has 0 unspecified atom stereocenters. The fourth-order valence-electron chi connectivity index (χ4n) is 3.48. The third-order valence-electron chi connectivity index (χ3n) is 5.37. The lowest BCUT2D eigenvalue weighted by atomic mass is 10.0. The smallest absolute Gasteiger partial charge is 0.305 e. The van der Waals surface area contributed by atoms with Gasteiger partial charge in [0, 0.05) is 13.0 Å². The zero-order valence-electron chi connectivity index (χ0n) is 19.3. The van der Waals surface area contributed by atoms with Crippen LogP contribution in [0.5, 0.6) is 0 Å². The van der Waals surface area contributed by atoms with E-state index in [2.05, 4.69) is 13.8 Å². The summed E-state index contributed by atoms with van der Waals surface area (Å²) in [5, 5.41) is 0. The summed E-state index contributed by atoms with van der Waals surface area (Å²) in [5.74, 6) is -0.0730. The second kappa shape index (κ2) is 24.5. The molecule has 0 atom stereocenters. The van der Waals surface area contributed by atoms with Crippen LogP contribution in [0.4, 0.5) is 0 Å². The van der Waals surface area contributed by atoms with Crippen LogP contribution in [0, 0.1) is 0 Å². The summed E-state index contributed by atoms with van der Waals surface area (Å²) in [6, 6.07) is 0.